The van der Waals surface area contributed by atoms with Crippen LogP contribution >= 0.6 is 0 Å². The van der Waals surface area contributed by atoms with Crippen molar-refractivity contribution in [1.29, 1.82) is 5.26 Å². The highest BCUT2D eigenvalue weighted by Gasteiger charge is 2.21. The number of halogens is 5. The zero-order chi connectivity index (χ0) is 14.2. The van der Waals surface area contributed by atoms with Gasteiger partial charge in [-0.05, 0) is 12.1 Å². The van der Waals surface area contributed by atoms with Crippen LogP contribution in [0.1, 0.15) is 5.56 Å². The highest BCUT2D eigenvalue weighted by molar-refractivity contribution is 5.67. The van der Waals surface area contributed by atoms with Crippen LogP contribution in [0.25, 0.3) is 11.1 Å². The molecule has 2 aromatic carbocycles. The van der Waals surface area contributed by atoms with Crippen LogP contribution in [0.15, 0.2) is 24.3 Å². The van der Waals surface area contributed by atoms with Crippen LogP contribution in [0.2, 0.25) is 0 Å². The van der Waals surface area contributed by atoms with E-state index < -0.39 is 40.2 Å². The summed E-state index contributed by atoms with van der Waals surface area (Å²) in [5.41, 5.74) is -2.32. The van der Waals surface area contributed by atoms with E-state index in [2.05, 4.69) is 0 Å². The number of benzene rings is 2. The molecule has 0 heterocycles. The normalized spacial score (nSPS) is 10.3. The van der Waals surface area contributed by atoms with Crippen LogP contribution in [0.3, 0.4) is 0 Å². The lowest BCUT2D eigenvalue weighted by molar-refractivity contribution is 0.538. The van der Waals surface area contributed by atoms with Crippen molar-refractivity contribution in [1.82, 2.24) is 0 Å². The summed E-state index contributed by atoms with van der Waals surface area (Å²) in [5.74, 6) is -6.67. The first kappa shape index (κ1) is 13.0. The molecule has 2 rings (SSSR count). The van der Waals surface area contributed by atoms with Gasteiger partial charge in [0.2, 0.25) is 0 Å². The van der Waals surface area contributed by atoms with Crippen molar-refractivity contribution in [2.45, 2.75) is 0 Å². The van der Waals surface area contributed by atoms with Gasteiger partial charge in [-0.2, -0.15) is 5.26 Å². The van der Waals surface area contributed by atoms with E-state index in [0.717, 1.165) is 0 Å². The Morgan fingerprint density at radius 2 is 1.05 bits per heavy atom. The van der Waals surface area contributed by atoms with Crippen LogP contribution in [0, 0.1) is 40.4 Å². The molecule has 0 aromatic heterocycles. The Morgan fingerprint density at radius 3 is 1.42 bits per heavy atom. The third-order valence-electron chi connectivity index (χ3n) is 2.43. The number of hydrogen-bond donors (Lipinski definition) is 0. The highest BCUT2D eigenvalue weighted by atomic mass is 19.2. The van der Waals surface area contributed by atoms with E-state index in [4.69, 9.17) is 5.26 Å². The van der Waals surface area contributed by atoms with E-state index in [-0.39, 0.29) is 5.56 Å². The molecule has 0 spiro atoms. The molecule has 0 bridgehead atoms. The summed E-state index contributed by atoms with van der Waals surface area (Å²) in [5, 5.41) is 8.51. The first-order valence-electron chi connectivity index (χ1n) is 4.98. The van der Waals surface area contributed by atoms with Gasteiger partial charge in [0.25, 0.3) is 0 Å². The Hall–Kier alpha value is -2.42. The van der Waals surface area contributed by atoms with Crippen LogP contribution in [-0.4, -0.2) is 0 Å². The summed E-state index contributed by atoms with van der Waals surface area (Å²) < 4.78 is 66.9. The fraction of sp³-hybridized carbons (Fsp3) is 0. The minimum absolute atomic E-state index is 0.315. The van der Waals surface area contributed by atoms with Gasteiger partial charge in [0.1, 0.15) is 29.1 Å². The Balaban J connectivity index is 2.77. The fourth-order valence-electron chi connectivity index (χ4n) is 1.66. The molecule has 0 aliphatic heterocycles. The van der Waals surface area contributed by atoms with Gasteiger partial charge in [-0.25, -0.2) is 22.0 Å². The van der Waals surface area contributed by atoms with Gasteiger partial charge in [-0.3, -0.25) is 0 Å². The predicted molar refractivity (Wildman–Crippen MR) is 56.4 cm³/mol. The van der Waals surface area contributed by atoms with Gasteiger partial charge in [0.15, 0.2) is 0 Å². The summed E-state index contributed by atoms with van der Waals surface area (Å²) in [6, 6.07) is 3.41. The summed E-state index contributed by atoms with van der Waals surface area (Å²) >= 11 is 0. The molecule has 6 heteroatoms. The van der Waals surface area contributed by atoms with Crippen molar-refractivity contribution in [3.63, 3.8) is 0 Å². The monoisotopic (exact) mass is 269 g/mol. The van der Waals surface area contributed by atoms with Crippen LogP contribution in [-0.2, 0) is 0 Å². The number of rotatable bonds is 1. The maximum atomic E-state index is 13.6. The molecule has 19 heavy (non-hydrogen) atoms. The van der Waals surface area contributed by atoms with Gasteiger partial charge in [0, 0.05) is 12.1 Å². The lowest BCUT2D eigenvalue weighted by Gasteiger charge is -2.08. The lowest BCUT2D eigenvalue weighted by Crippen LogP contribution is -1.99. The van der Waals surface area contributed by atoms with Crippen molar-refractivity contribution >= 4 is 0 Å². The van der Waals surface area contributed by atoms with E-state index in [1.54, 1.807) is 0 Å². The van der Waals surface area contributed by atoms with Crippen LogP contribution in [0.4, 0.5) is 22.0 Å². The number of nitriles is 1. The van der Waals surface area contributed by atoms with Gasteiger partial charge < -0.3 is 0 Å². The van der Waals surface area contributed by atoms with Crippen LogP contribution < -0.4 is 0 Å². The minimum Gasteiger partial charge on any atom is -0.207 e. The highest BCUT2D eigenvalue weighted by Crippen LogP contribution is 2.32. The molecule has 0 saturated heterocycles. The van der Waals surface area contributed by atoms with Gasteiger partial charge in [-0.1, -0.05) is 0 Å². The smallest absolute Gasteiger partial charge is 0.137 e. The molecule has 0 aliphatic carbocycles. The molecule has 0 fully saturated rings. The predicted octanol–water partition coefficient (Wildman–Crippen LogP) is 3.92. The molecule has 0 aliphatic rings. The first-order chi connectivity index (χ1) is 8.93. The Bertz CT molecular complexity index is 657. The molecular formula is C13H4F5N. The SMILES string of the molecule is N#Cc1cc(F)c(-c2c(F)cc(F)cc2F)c(F)c1. The van der Waals surface area contributed by atoms with Gasteiger partial charge in [0.05, 0.1) is 22.8 Å². The van der Waals surface area contributed by atoms with E-state index in [9.17, 15) is 22.0 Å². The molecule has 0 radical (unpaired) electrons. The molecule has 0 atom stereocenters. The molecule has 0 saturated carbocycles. The second-order valence-electron chi connectivity index (χ2n) is 3.67. The molecule has 0 amide bonds. The van der Waals surface area contributed by atoms with Crippen molar-refractivity contribution in [3.05, 3.63) is 58.9 Å². The Kier molecular flexibility index (Phi) is 3.21. The lowest BCUT2D eigenvalue weighted by atomic mass is 10.0. The van der Waals surface area contributed by atoms with E-state index >= 15 is 0 Å². The molecule has 0 unspecified atom stereocenters. The molecule has 2 aromatic rings. The van der Waals surface area contributed by atoms with Crippen molar-refractivity contribution in [2.24, 2.45) is 0 Å². The maximum Gasteiger partial charge on any atom is 0.137 e. The quantitative estimate of drug-likeness (QED) is 0.720. The average Bonchev–Trinajstić information content (AvgIpc) is 2.31. The maximum absolute atomic E-state index is 13.6. The van der Waals surface area contributed by atoms with Crippen LogP contribution in [0.5, 0.6) is 0 Å². The van der Waals surface area contributed by atoms with Crippen molar-refractivity contribution in [2.75, 3.05) is 0 Å². The molecule has 1 nitrogen and oxygen atoms in total. The summed E-state index contributed by atoms with van der Waals surface area (Å²) in [6.07, 6.45) is 0. The third-order valence-corrected chi connectivity index (χ3v) is 2.43. The molecule has 0 N–H and O–H groups in total. The third kappa shape index (κ3) is 2.27. The van der Waals surface area contributed by atoms with E-state index in [1.807, 2.05) is 0 Å². The summed E-state index contributed by atoms with van der Waals surface area (Å²) in [7, 11) is 0. The largest absolute Gasteiger partial charge is 0.207 e. The Morgan fingerprint density at radius 1 is 0.684 bits per heavy atom. The van der Waals surface area contributed by atoms with Gasteiger partial charge in [-0.15, -0.1) is 0 Å². The standard InChI is InChI=1S/C13H4F5N/c14-7-3-10(17)13(11(18)4-7)12-8(15)1-6(5-19)2-9(12)16/h1-4H. The van der Waals surface area contributed by atoms with E-state index in [1.165, 1.54) is 6.07 Å². The van der Waals surface area contributed by atoms with Gasteiger partial charge >= 0.3 is 0 Å². The summed E-state index contributed by atoms with van der Waals surface area (Å²) in [4.78, 5) is 0. The zero-order valence-electron chi connectivity index (χ0n) is 9.15. The van der Waals surface area contributed by atoms with Crippen molar-refractivity contribution in [3.8, 4) is 17.2 Å². The Labute approximate surface area is 104 Å². The fourth-order valence-corrected chi connectivity index (χ4v) is 1.66. The topological polar surface area (TPSA) is 23.8 Å². The second kappa shape index (κ2) is 4.69. The average molecular weight is 269 g/mol. The van der Waals surface area contributed by atoms with Crippen molar-refractivity contribution < 1.29 is 22.0 Å². The van der Waals surface area contributed by atoms with E-state index in [0.29, 0.717) is 24.3 Å². The summed E-state index contributed by atoms with van der Waals surface area (Å²) in [6.45, 7) is 0. The molecular weight excluding hydrogens is 265 g/mol. The number of hydrogen-bond acceptors (Lipinski definition) is 1. The minimum atomic E-state index is -1.43. The second-order valence-corrected chi connectivity index (χ2v) is 3.67. The number of nitrogens with zero attached hydrogens (tertiary/aromatic N) is 1. The first-order valence-corrected chi connectivity index (χ1v) is 4.98. The zero-order valence-corrected chi connectivity index (χ0v) is 9.15. The molecule has 96 valence electrons.